The van der Waals surface area contributed by atoms with Crippen molar-refractivity contribution in [1.82, 2.24) is 4.90 Å². The van der Waals surface area contributed by atoms with Crippen LogP contribution in [0.5, 0.6) is 28.7 Å². The Labute approximate surface area is 182 Å². The minimum atomic E-state index is -0.227. The fourth-order valence-electron chi connectivity index (χ4n) is 3.54. The Balaban J connectivity index is 1.63. The zero-order valence-electron chi connectivity index (χ0n) is 18.4. The Bertz CT molecular complexity index is 886. The molecule has 0 spiro atoms. The van der Waals surface area contributed by atoms with E-state index < -0.39 is 0 Å². The lowest BCUT2D eigenvalue weighted by Gasteiger charge is -2.33. The molecule has 8 heteroatoms. The van der Waals surface area contributed by atoms with Gasteiger partial charge in [-0.3, -0.25) is 4.79 Å². The number of amides is 1. The lowest BCUT2D eigenvalue weighted by molar-refractivity contribution is -0.139. The average Bonchev–Trinajstić information content (AvgIpc) is 2.82. The number of morpholine rings is 1. The van der Waals surface area contributed by atoms with Gasteiger partial charge in [0, 0.05) is 12.1 Å². The van der Waals surface area contributed by atoms with Crippen LogP contribution in [0.15, 0.2) is 36.4 Å². The minimum Gasteiger partial charge on any atom is -0.493 e. The molecule has 0 saturated carbocycles. The van der Waals surface area contributed by atoms with E-state index in [1.807, 2.05) is 30.3 Å². The molecule has 1 heterocycles. The van der Waals surface area contributed by atoms with E-state index in [1.54, 1.807) is 39.4 Å². The zero-order valence-corrected chi connectivity index (χ0v) is 18.4. The number of benzene rings is 2. The Hall–Kier alpha value is -3.13. The highest BCUT2D eigenvalue weighted by atomic mass is 16.5. The van der Waals surface area contributed by atoms with Crippen molar-refractivity contribution in [2.45, 2.75) is 12.5 Å². The molecule has 8 nitrogen and oxygen atoms in total. The van der Waals surface area contributed by atoms with E-state index in [1.165, 1.54) is 0 Å². The minimum absolute atomic E-state index is 0.0175. The van der Waals surface area contributed by atoms with Crippen LogP contribution in [0.2, 0.25) is 0 Å². The molecule has 0 aliphatic carbocycles. The van der Waals surface area contributed by atoms with Gasteiger partial charge in [-0.1, -0.05) is 18.2 Å². The van der Waals surface area contributed by atoms with Crippen LogP contribution in [-0.4, -0.2) is 71.7 Å². The number of hydrogen-bond donors (Lipinski definition) is 0. The molecule has 1 aliphatic rings. The van der Waals surface area contributed by atoms with Crippen LogP contribution < -0.4 is 23.7 Å². The molecule has 3 rings (SSSR count). The highest BCUT2D eigenvalue weighted by molar-refractivity contribution is 5.80. The summed E-state index contributed by atoms with van der Waals surface area (Å²) in [6.07, 6.45) is -0.0428. The molecule has 0 radical (unpaired) electrons. The summed E-state index contributed by atoms with van der Waals surface area (Å²) in [7, 11) is 6.25. The van der Waals surface area contributed by atoms with Gasteiger partial charge in [0.15, 0.2) is 23.0 Å². The summed E-state index contributed by atoms with van der Waals surface area (Å²) in [5, 5.41) is 0. The smallest absolute Gasteiger partial charge is 0.227 e. The number of methoxy groups -OCH3 is 4. The van der Waals surface area contributed by atoms with Crippen LogP contribution in [0, 0.1) is 0 Å². The number of carbonyl (C=O) groups excluding carboxylic acids is 1. The van der Waals surface area contributed by atoms with Crippen LogP contribution >= 0.6 is 0 Å². The quantitative estimate of drug-likeness (QED) is 0.604. The highest BCUT2D eigenvalue weighted by Crippen LogP contribution is 2.40. The SMILES string of the molecule is COc1ccccc1OCC1CN(C(=O)Cc2ccc(OC)c(OC)c2OC)CCO1. The van der Waals surface area contributed by atoms with E-state index in [4.69, 9.17) is 28.4 Å². The highest BCUT2D eigenvalue weighted by Gasteiger charge is 2.27. The predicted octanol–water partition coefficient (Wildman–Crippen LogP) is 2.57. The molecule has 0 bridgehead atoms. The second kappa shape index (κ2) is 10.8. The summed E-state index contributed by atoms with van der Waals surface area (Å²) in [5.41, 5.74) is 0.735. The molecule has 1 atom stereocenters. The molecule has 2 aromatic rings. The van der Waals surface area contributed by atoms with E-state index in [-0.39, 0.29) is 18.4 Å². The Morgan fingerprint density at radius 1 is 0.935 bits per heavy atom. The van der Waals surface area contributed by atoms with Crippen molar-refractivity contribution < 1.29 is 33.2 Å². The summed E-state index contributed by atoms with van der Waals surface area (Å²) < 4.78 is 33.2. The molecule has 1 saturated heterocycles. The lowest BCUT2D eigenvalue weighted by Crippen LogP contribution is -2.48. The Kier molecular flexibility index (Phi) is 7.83. The molecular weight excluding hydrogens is 402 g/mol. The Morgan fingerprint density at radius 3 is 2.32 bits per heavy atom. The average molecular weight is 431 g/mol. The van der Waals surface area contributed by atoms with Crippen molar-refractivity contribution in [3.63, 3.8) is 0 Å². The summed E-state index contributed by atoms with van der Waals surface area (Å²) >= 11 is 0. The van der Waals surface area contributed by atoms with Gasteiger partial charge in [-0.15, -0.1) is 0 Å². The number of para-hydroxylation sites is 2. The third-order valence-corrected chi connectivity index (χ3v) is 5.11. The molecule has 1 fully saturated rings. The van der Waals surface area contributed by atoms with Crippen LogP contribution in [0.25, 0.3) is 0 Å². The first-order chi connectivity index (χ1) is 15.1. The van der Waals surface area contributed by atoms with E-state index in [0.717, 1.165) is 5.56 Å². The summed E-state index contributed by atoms with van der Waals surface area (Å²) in [6, 6.07) is 11.0. The number of ether oxygens (including phenoxy) is 6. The van der Waals surface area contributed by atoms with Gasteiger partial charge in [-0.2, -0.15) is 0 Å². The van der Waals surface area contributed by atoms with Crippen LogP contribution in [0.1, 0.15) is 5.56 Å². The van der Waals surface area contributed by atoms with Crippen molar-refractivity contribution in [3.8, 4) is 28.7 Å². The molecule has 1 unspecified atom stereocenters. The number of nitrogens with zero attached hydrogens (tertiary/aromatic N) is 1. The third kappa shape index (κ3) is 5.32. The standard InChI is InChI=1S/C23H29NO7/c1-26-18-7-5-6-8-19(18)31-15-17-14-24(11-12-30-17)21(25)13-16-9-10-20(27-2)23(29-4)22(16)28-3/h5-10,17H,11-15H2,1-4H3. The first-order valence-electron chi connectivity index (χ1n) is 10.0. The molecule has 31 heavy (non-hydrogen) atoms. The summed E-state index contributed by atoms with van der Waals surface area (Å²) in [4.78, 5) is 14.8. The molecule has 168 valence electrons. The second-order valence-corrected chi connectivity index (χ2v) is 6.96. The van der Waals surface area contributed by atoms with Gasteiger partial charge in [0.2, 0.25) is 11.7 Å². The van der Waals surface area contributed by atoms with Gasteiger partial charge >= 0.3 is 0 Å². The molecule has 0 aromatic heterocycles. The zero-order chi connectivity index (χ0) is 22.2. The fraction of sp³-hybridized carbons (Fsp3) is 0.435. The van der Waals surface area contributed by atoms with Gasteiger partial charge in [0.05, 0.1) is 48.0 Å². The van der Waals surface area contributed by atoms with Crippen LogP contribution in [-0.2, 0) is 16.0 Å². The van der Waals surface area contributed by atoms with E-state index in [0.29, 0.717) is 55.1 Å². The largest absolute Gasteiger partial charge is 0.493 e. The molecule has 0 N–H and O–H groups in total. The van der Waals surface area contributed by atoms with Crippen molar-refractivity contribution in [3.05, 3.63) is 42.0 Å². The molecular formula is C23H29NO7. The monoisotopic (exact) mass is 431 g/mol. The van der Waals surface area contributed by atoms with Crippen molar-refractivity contribution in [2.24, 2.45) is 0 Å². The second-order valence-electron chi connectivity index (χ2n) is 6.96. The first-order valence-corrected chi connectivity index (χ1v) is 10.0. The summed E-state index contributed by atoms with van der Waals surface area (Å²) in [6.45, 7) is 1.75. The molecule has 2 aromatic carbocycles. The van der Waals surface area contributed by atoms with Crippen molar-refractivity contribution in [1.29, 1.82) is 0 Å². The van der Waals surface area contributed by atoms with Gasteiger partial charge in [0.25, 0.3) is 0 Å². The van der Waals surface area contributed by atoms with Gasteiger partial charge in [0.1, 0.15) is 12.7 Å². The van der Waals surface area contributed by atoms with Crippen LogP contribution in [0.3, 0.4) is 0 Å². The van der Waals surface area contributed by atoms with Gasteiger partial charge < -0.3 is 33.3 Å². The predicted molar refractivity (Wildman–Crippen MR) is 115 cm³/mol. The van der Waals surface area contributed by atoms with Crippen molar-refractivity contribution in [2.75, 3.05) is 54.7 Å². The normalized spacial score (nSPS) is 15.9. The number of hydrogen-bond acceptors (Lipinski definition) is 7. The maximum absolute atomic E-state index is 13.0. The lowest BCUT2D eigenvalue weighted by atomic mass is 10.1. The summed E-state index contributed by atoms with van der Waals surface area (Å²) in [5.74, 6) is 2.81. The maximum Gasteiger partial charge on any atom is 0.227 e. The fourth-order valence-corrected chi connectivity index (χ4v) is 3.54. The van der Waals surface area contributed by atoms with E-state index >= 15 is 0 Å². The van der Waals surface area contributed by atoms with Crippen molar-refractivity contribution >= 4 is 5.91 Å². The molecule has 1 amide bonds. The third-order valence-electron chi connectivity index (χ3n) is 5.11. The Morgan fingerprint density at radius 2 is 1.65 bits per heavy atom. The number of carbonyl (C=O) groups is 1. The first kappa shape index (κ1) is 22.6. The van der Waals surface area contributed by atoms with Gasteiger partial charge in [-0.25, -0.2) is 0 Å². The van der Waals surface area contributed by atoms with Crippen LogP contribution in [0.4, 0.5) is 0 Å². The van der Waals surface area contributed by atoms with Gasteiger partial charge in [-0.05, 0) is 18.2 Å². The maximum atomic E-state index is 13.0. The number of rotatable bonds is 9. The van der Waals surface area contributed by atoms with E-state index in [2.05, 4.69) is 0 Å². The van der Waals surface area contributed by atoms with E-state index in [9.17, 15) is 4.79 Å². The molecule has 1 aliphatic heterocycles. The topological polar surface area (TPSA) is 75.7 Å².